The molecule has 80 valence electrons. The number of urea groups is 1. The van der Waals surface area contributed by atoms with E-state index in [0.717, 1.165) is 6.42 Å². The van der Waals surface area contributed by atoms with Crippen LogP contribution < -0.4 is 5.32 Å². The van der Waals surface area contributed by atoms with E-state index in [9.17, 15) is 9.59 Å². The Kier molecular flexibility index (Phi) is 3.73. The highest BCUT2D eigenvalue weighted by Crippen LogP contribution is 2.00. The van der Waals surface area contributed by atoms with Crippen molar-refractivity contribution >= 4 is 12.0 Å². The molecule has 0 aromatic heterocycles. The van der Waals surface area contributed by atoms with Crippen molar-refractivity contribution in [1.29, 1.82) is 0 Å². The van der Waals surface area contributed by atoms with Gasteiger partial charge < -0.3 is 15.0 Å². The second-order valence-corrected chi connectivity index (χ2v) is 3.55. The molecule has 1 heterocycles. The Labute approximate surface area is 83.4 Å². The van der Waals surface area contributed by atoms with E-state index in [4.69, 9.17) is 4.74 Å². The van der Waals surface area contributed by atoms with Gasteiger partial charge in [0.1, 0.15) is 6.54 Å². The maximum absolute atomic E-state index is 11.2. The summed E-state index contributed by atoms with van der Waals surface area (Å²) in [5, 5.41) is 2.67. The molecule has 1 aliphatic heterocycles. The van der Waals surface area contributed by atoms with Crippen LogP contribution in [-0.4, -0.2) is 42.6 Å². The number of amides is 2. The fourth-order valence-electron chi connectivity index (χ4n) is 1.29. The molecule has 14 heavy (non-hydrogen) atoms. The van der Waals surface area contributed by atoms with E-state index in [-0.39, 0.29) is 24.6 Å². The lowest BCUT2D eigenvalue weighted by molar-refractivity contribution is -0.148. The zero-order chi connectivity index (χ0) is 10.6. The summed E-state index contributed by atoms with van der Waals surface area (Å²) in [6, 6.07) is -0.183. The van der Waals surface area contributed by atoms with Crippen LogP contribution in [-0.2, 0) is 9.53 Å². The summed E-state index contributed by atoms with van der Waals surface area (Å²) in [4.78, 5) is 23.9. The summed E-state index contributed by atoms with van der Waals surface area (Å²) in [5.41, 5.74) is 0. The van der Waals surface area contributed by atoms with Gasteiger partial charge in [-0.2, -0.15) is 0 Å². The van der Waals surface area contributed by atoms with Gasteiger partial charge in [0.15, 0.2) is 0 Å². The smallest absolute Gasteiger partial charge is 0.325 e. The third-order valence-corrected chi connectivity index (χ3v) is 1.86. The van der Waals surface area contributed by atoms with Crippen LogP contribution in [0, 0.1) is 0 Å². The van der Waals surface area contributed by atoms with Crippen LogP contribution in [0.1, 0.15) is 20.3 Å². The zero-order valence-electron chi connectivity index (χ0n) is 8.58. The van der Waals surface area contributed by atoms with Crippen LogP contribution in [0.25, 0.3) is 0 Å². The van der Waals surface area contributed by atoms with Crippen molar-refractivity contribution in [2.45, 2.75) is 26.4 Å². The van der Waals surface area contributed by atoms with Gasteiger partial charge in [0.05, 0.1) is 6.10 Å². The molecule has 0 aromatic rings. The number of carbonyl (C=O) groups is 2. The van der Waals surface area contributed by atoms with Crippen molar-refractivity contribution < 1.29 is 14.3 Å². The van der Waals surface area contributed by atoms with Crippen LogP contribution in [0.5, 0.6) is 0 Å². The van der Waals surface area contributed by atoms with E-state index in [1.165, 1.54) is 4.90 Å². The fourth-order valence-corrected chi connectivity index (χ4v) is 1.29. The summed E-state index contributed by atoms with van der Waals surface area (Å²) in [7, 11) is 0. The first-order chi connectivity index (χ1) is 6.59. The van der Waals surface area contributed by atoms with Gasteiger partial charge in [-0.05, 0) is 20.3 Å². The Morgan fingerprint density at radius 3 is 2.93 bits per heavy atom. The fraction of sp³-hybridized carbons (Fsp3) is 0.778. The molecule has 2 amide bonds. The predicted octanol–water partition coefficient (Wildman–Crippen LogP) is 0.353. The van der Waals surface area contributed by atoms with E-state index < -0.39 is 0 Å². The molecule has 0 aromatic carbocycles. The van der Waals surface area contributed by atoms with Gasteiger partial charge in [-0.1, -0.05) is 0 Å². The molecule has 0 saturated carbocycles. The molecule has 1 fully saturated rings. The Balaban J connectivity index is 2.34. The number of esters is 1. The number of hydrogen-bond acceptors (Lipinski definition) is 3. The average Bonchev–Trinajstić information content (AvgIpc) is 2.07. The molecular weight excluding hydrogens is 184 g/mol. The highest BCUT2D eigenvalue weighted by atomic mass is 16.5. The first kappa shape index (κ1) is 10.8. The first-order valence-electron chi connectivity index (χ1n) is 4.82. The van der Waals surface area contributed by atoms with Crippen molar-refractivity contribution in [3.05, 3.63) is 0 Å². The number of nitrogens with one attached hydrogen (secondary N) is 1. The molecule has 0 unspecified atom stereocenters. The van der Waals surface area contributed by atoms with E-state index in [1.54, 1.807) is 13.8 Å². The lowest BCUT2D eigenvalue weighted by atomic mass is 10.3. The number of carbonyl (C=O) groups excluding carboxylic acids is 2. The largest absolute Gasteiger partial charge is 0.462 e. The lowest BCUT2D eigenvalue weighted by Gasteiger charge is -2.26. The minimum absolute atomic E-state index is 0.0456. The highest BCUT2D eigenvalue weighted by Gasteiger charge is 2.20. The molecule has 0 aliphatic carbocycles. The van der Waals surface area contributed by atoms with Crippen molar-refractivity contribution in [2.24, 2.45) is 0 Å². The van der Waals surface area contributed by atoms with Crippen molar-refractivity contribution in [3.8, 4) is 0 Å². The quantitative estimate of drug-likeness (QED) is 0.669. The molecule has 5 nitrogen and oxygen atoms in total. The van der Waals surface area contributed by atoms with E-state index >= 15 is 0 Å². The van der Waals surface area contributed by atoms with E-state index in [0.29, 0.717) is 13.1 Å². The molecule has 0 spiro atoms. The topological polar surface area (TPSA) is 58.6 Å². The van der Waals surface area contributed by atoms with Gasteiger partial charge in [-0.25, -0.2) is 4.79 Å². The maximum atomic E-state index is 11.2. The lowest BCUT2D eigenvalue weighted by Crippen LogP contribution is -2.48. The van der Waals surface area contributed by atoms with Gasteiger partial charge in [0.2, 0.25) is 0 Å². The minimum Gasteiger partial charge on any atom is -0.462 e. The van der Waals surface area contributed by atoms with Crippen molar-refractivity contribution in [3.63, 3.8) is 0 Å². The normalized spacial score (nSPS) is 16.8. The van der Waals surface area contributed by atoms with Crippen LogP contribution in [0.4, 0.5) is 4.79 Å². The molecule has 1 rings (SSSR count). The summed E-state index contributed by atoms with van der Waals surface area (Å²) >= 11 is 0. The second kappa shape index (κ2) is 4.83. The molecule has 1 aliphatic rings. The molecule has 0 atom stereocenters. The van der Waals surface area contributed by atoms with Gasteiger partial charge in [0, 0.05) is 13.1 Å². The Hall–Kier alpha value is -1.26. The molecule has 0 bridgehead atoms. The Morgan fingerprint density at radius 1 is 1.64 bits per heavy atom. The monoisotopic (exact) mass is 200 g/mol. The third kappa shape index (κ3) is 3.24. The number of hydrogen-bond donors (Lipinski definition) is 1. The number of nitrogens with zero attached hydrogens (tertiary/aromatic N) is 1. The summed E-state index contributed by atoms with van der Waals surface area (Å²) < 4.78 is 4.94. The summed E-state index contributed by atoms with van der Waals surface area (Å²) in [6.45, 7) is 4.93. The number of ether oxygens (including phenoxy) is 1. The molecule has 1 N–H and O–H groups in total. The Bertz CT molecular complexity index is 228. The van der Waals surface area contributed by atoms with E-state index in [1.807, 2.05) is 0 Å². The highest BCUT2D eigenvalue weighted by molar-refractivity contribution is 5.81. The number of rotatable bonds is 3. The summed E-state index contributed by atoms with van der Waals surface area (Å²) in [5.74, 6) is -0.350. The second-order valence-electron chi connectivity index (χ2n) is 3.55. The van der Waals surface area contributed by atoms with E-state index in [2.05, 4.69) is 5.32 Å². The molecular formula is C9H16N2O3. The van der Waals surface area contributed by atoms with Gasteiger partial charge >= 0.3 is 12.0 Å². The van der Waals surface area contributed by atoms with Crippen molar-refractivity contribution in [1.82, 2.24) is 10.2 Å². The van der Waals surface area contributed by atoms with Crippen LogP contribution in [0.2, 0.25) is 0 Å². The average molecular weight is 200 g/mol. The minimum atomic E-state index is -0.350. The molecule has 0 radical (unpaired) electrons. The Morgan fingerprint density at radius 2 is 2.36 bits per heavy atom. The van der Waals surface area contributed by atoms with Crippen LogP contribution in [0.3, 0.4) is 0 Å². The molecule has 1 saturated heterocycles. The van der Waals surface area contributed by atoms with Crippen LogP contribution >= 0.6 is 0 Å². The van der Waals surface area contributed by atoms with Gasteiger partial charge in [-0.3, -0.25) is 4.79 Å². The molecule has 5 heteroatoms. The summed E-state index contributed by atoms with van der Waals surface area (Å²) in [6.07, 6.45) is 0.746. The zero-order valence-corrected chi connectivity index (χ0v) is 8.58. The maximum Gasteiger partial charge on any atom is 0.325 e. The SMILES string of the molecule is CC(C)OC(=O)CN1CCCNC1=O. The first-order valence-corrected chi connectivity index (χ1v) is 4.82. The third-order valence-electron chi connectivity index (χ3n) is 1.86. The standard InChI is InChI=1S/C9H16N2O3/c1-7(2)14-8(12)6-11-5-3-4-10-9(11)13/h7H,3-6H2,1-2H3,(H,10,13). The van der Waals surface area contributed by atoms with Crippen LogP contribution in [0.15, 0.2) is 0 Å². The predicted molar refractivity (Wildman–Crippen MR) is 50.8 cm³/mol. The van der Waals surface area contributed by atoms with Gasteiger partial charge in [0.25, 0.3) is 0 Å². The van der Waals surface area contributed by atoms with Gasteiger partial charge in [-0.15, -0.1) is 0 Å². The van der Waals surface area contributed by atoms with Crippen molar-refractivity contribution in [2.75, 3.05) is 19.6 Å².